The summed E-state index contributed by atoms with van der Waals surface area (Å²) in [5.74, 6) is -0.0160. The fraction of sp³-hybridized carbons (Fsp3) is 0.160. The van der Waals surface area contributed by atoms with Crippen molar-refractivity contribution in [2.24, 2.45) is 0 Å². The Labute approximate surface area is 206 Å². The highest BCUT2D eigenvalue weighted by molar-refractivity contribution is 9.10. The maximum absolute atomic E-state index is 12.9. The molecule has 3 rings (SSSR count). The number of anilines is 2. The van der Waals surface area contributed by atoms with Crippen LogP contribution in [0.3, 0.4) is 0 Å². The summed E-state index contributed by atoms with van der Waals surface area (Å²) in [4.78, 5) is 25.5. The zero-order valence-corrected chi connectivity index (χ0v) is 20.9. The minimum atomic E-state index is -0.381. The molecule has 0 aliphatic heterocycles. The number of aryl methyl sites for hydroxylation is 2. The van der Waals surface area contributed by atoms with Crippen LogP contribution in [0, 0.1) is 13.8 Å². The summed E-state index contributed by atoms with van der Waals surface area (Å²) < 4.78 is 6.14. The van der Waals surface area contributed by atoms with Crippen LogP contribution >= 0.6 is 28.1 Å². The van der Waals surface area contributed by atoms with E-state index in [1.54, 1.807) is 42.5 Å². The lowest BCUT2D eigenvalue weighted by Crippen LogP contribution is -2.34. The molecule has 0 saturated carbocycles. The van der Waals surface area contributed by atoms with Crippen molar-refractivity contribution in [3.05, 3.63) is 87.4 Å². The Balaban J connectivity index is 1.69. The minimum absolute atomic E-state index is 0.0800. The number of amides is 2. The first-order chi connectivity index (χ1) is 15.8. The minimum Gasteiger partial charge on any atom is -0.493 e. The van der Waals surface area contributed by atoms with Gasteiger partial charge in [-0.25, -0.2) is 0 Å². The van der Waals surface area contributed by atoms with Crippen LogP contribution in [0.4, 0.5) is 11.4 Å². The average molecular weight is 526 g/mol. The molecule has 3 aromatic rings. The van der Waals surface area contributed by atoms with Gasteiger partial charge in [-0.15, -0.1) is 0 Å². The Hall–Kier alpha value is -3.23. The van der Waals surface area contributed by atoms with Crippen molar-refractivity contribution < 1.29 is 14.3 Å². The molecule has 0 aliphatic carbocycles. The molecule has 0 fully saturated rings. The SMILES string of the molecule is CCOc1ccc(C(=O)NC(=S)Nc2ccccc2C(=O)Nc2ccc(C)c(C)c2)cc1Br. The lowest BCUT2D eigenvalue weighted by atomic mass is 10.1. The maximum atomic E-state index is 12.9. The fourth-order valence-electron chi connectivity index (χ4n) is 3.05. The zero-order valence-electron chi connectivity index (χ0n) is 18.5. The van der Waals surface area contributed by atoms with E-state index in [0.29, 0.717) is 39.3 Å². The van der Waals surface area contributed by atoms with E-state index in [0.717, 1.165) is 11.1 Å². The average Bonchev–Trinajstić information content (AvgIpc) is 2.78. The number of thiocarbonyl (C=S) groups is 1. The summed E-state index contributed by atoms with van der Waals surface area (Å²) >= 11 is 8.71. The molecule has 0 heterocycles. The van der Waals surface area contributed by atoms with Gasteiger partial charge in [0.1, 0.15) is 5.75 Å². The number of benzene rings is 3. The lowest BCUT2D eigenvalue weighted by Gasteiger charge is -2.14. The third kappa shape index (κ3) is 6.40. The van der Waals surface area contributed by atoms with E-state index in [9.17, 15) is 9.59 Å². The second kappa shape index (κ2) is 11.1. The van der Waals surface area contributed by atoms with Crippen LogP contribution in [0.25, 0.3) is 0 Å². The fourth-order valence-corrected chi connectivity index (χ4v) is 3.75. The van der Waals surface area contributed by atoms with Gasteiger partial charge in [0.15, 0.2) is 5.11 Å². The predicted octanol–water partition coefficient (Wildman–Crippen LogP) is 5.84. The van der Waals surface area contributed by atoms with E-state index < -0.39 is 0 Å². The largest absolute Gasteiger partial charge is 0.493 e. The van der Waals surface area contributed by atoms with Gasteiger partial charge < -0.3 is 15.4 Å². The van der Waals surface area contributed by atoms with Crippen molar-refractivity contribution >= 4 is 56.4 Å². The number of halogens is 1. The highest BCUT2D eigenvalue weighted by Gasteiger charge is 2.15. The Morgan fingerprint density at radius 1 is 0.939 bits per heavy atom. The van der Waals surface area contributed by atoms with Gasteiger partial charge in [0, 0.05) is 11.3 Å². The summed E-state index contributed by atoms with van der Waals surface area (Å²) in [7, 11) is 0. The number of hydrogen-bond donors (Lipinski definition) is 3. The molecule has 0 aromatic heterocycles. The number of rotatable bonds is 6. The summed E-state index contributed by atoms with van der Waals surface area (Å²) in [6.07, 6.45) is 0. The quantitative estimate of drug-likeness (QED) is 0.352. The third-order valence-corrected chi connectivity index (χ3v) is 5.73. The molecule has 0 radical (unpaired) electrons. The first-order valence-corrected chi connectivity index (χ1v) is 11.5. The molecule has 6 nitrogen and oxygen atoms in total. The van der Waals surface area contributed by atoms with Crippen molar-refractivity contribution in [2.75, 3.05) is 17.2 Å². The van der Waals surface area contributed by atoms with E-state index in [1.165, 1.54) is 0 Å². The molecule has 0 saturated heterocycles. The number of nitrogens with one attached hydrogen (secondary N) is 3. The monoisotopic (exact) mass is 525 g/mol. The summed E-state index contributed by atoms with van der Waals surface area (Å²) in [5.41, 5.74) is 4.23. The Bertz CT molecular complexity index is 1210. The van der Waals surface area contributed by atoms with Crippen molar-refractivity contribution in [3.63, 3.8) is 0 Å². The number of hydrogen-bond acceptors (Lipinski definition) is 4. The highest BCUT2D eigenvalue weighted by Crippen LogP contribution is 2.26. The molecular weight excluding hydrogens is 502 g/mol. The number of carbonyl (C=O) groups is 2. The summed E-state index contributed by atoms with van der Waals surface area (Å²) in [6, 6.07) is 17.7. The molecule has 170 valence electrons. The third-order valence-electron chi connectivity index (χ3n) is 4.91. The van der Waals surface area contributed by atoms with E-state index >= 15 is 0 Å². The number of carbonyl (C=O) groups excluding carboxylic acids is 2. The number of ether oxygens (including phenoxy) is 1. The second-order valence-electron chi connectivity index (χ2n) is 7.29. The molecule has 2 amide bonds. The van der Waals surface area contributed by atoms with Gasteiger partial charge in [-0.1, -0.05) is 18.2 Å². The van der Waals surface area contributed by atoms with Crippen LogP contribution in [-0.2, 0) is 0 Å². The van der Waals surface area contributed by atoms with E-state index in [1.807, 2.05) is 39.0 Å². The van der Waals surface area contributed by atoms with Crippen LogP contribution in [0.2, 0.25) is 0 Å². The van der Waals surface area contributed by atoms with Gasteiger partial charge in [0.2, 0.25) is 0 Å². The van der Waals surface area contributed by atoms with Gasteiger partial charge in [-0.05, 0) is 103 Å². The van der Waals surface area contributed by atoms with Crippen molar-refractivity contribution in [1.82, 2.24) is 5.32 Å². The van der Waals surface area contributed by atoms with Gasteiger partial charge in [-0.3, -0.25) is 14.9 Å². The first kappa shape index (κ1) is 24.4. The molecule has 0 unspecified atom stereocenters. The van der Waals surface area contributed by atoms with Crippen molar-refractivity contribution in [1.29, 1.82) is 0 Å². The van der Waals surface area contributed by atoms with E-state index in [2.05, 4.69) is 31.9 Å². The standard InChI is InChI=1S/C25H24BrN3O3S/c1-4-32-22-12-10-17(14-20(22)26)23(30)29-25(33)28-21-8-6-5-7-19(21)24(31)27-18-11-9-15(2)16(3)13-18/h5-14H,4H2,1-3H3,(H,27,31)(H2,28,29,30,33). The van der Waals surface area contributed by atoms with Gasteiger partial charge in [-0.2, -0.15) is 0 Å². The summed E-state index contributed by atoms with van der Waals surface area (Å²) in [5, 5.41) is 8.57. The Kier molecular flexibility index (Phi) is 8.19. The van der Waals surface area contributed by atoms with Gasteiger partial charge in [0.25, 0.3) is 11.8 Å². The first-order valence-electron chi connectivity index (χ1n) is 10.3. The van der Waals surface area contributed by atoms with Crippen LogP contribution in [0.5, 0.6) is 5.75 Å². The molecule has 3 N–H and O–H groups in total. The highest BCUT2D eigenvalue weighted by atomic mass is 79.9. The van der Waals surface area contributed by atoms with Crippen LogP contribution in [0.1, 0.15) is 38.8 Å². The normalized spacial score (nSPS) is 10.3. The molecular formula is C25H24BrN3O3S. The summed E-state index contributed by atoms with van der Waals surface area (Å²) in [6.45, 7) is 6.41. The smallest absolute Gasteiger partial charge is 0.257 e. The lowest BCUT2D eigenvalue weighted by molar-refractivity contribution is 0.0976. The van der Waals surface area contributed by atoms with Crippen LogP contribution < -0.4 is 20.7 Å². The Morgan fingerprint density at radius 3 is 2.39 bits per heavy atom. The maximum Gasteiger partial charge on any atom is 0.257 e. The molecule has 8 heteroatoms. The predicted molar refractivity (Wildman–Crippen MR) is 139 cm³/mol. The Morgan fingerprint density at radius 2 is 1.70 bits per heavy atom. The van der Waals surface area contributed by atoms with Crippen molar-refractivity contribution in [3.8, 4) is 5.75 Å². The van der Waals surface area contributed by atoms with Crippen LogP contribution in [0.15, 0.2) is 65.1 Å². The molecule has 0 bridgehead atoms. The van der Waals surface area contributed by atoms with Gasteiger partial charge in [0.05, 0.1) is 22.3 Å². The molecule has 3 aromatic carbocycles. The van der Waals surface area contributed by atoms with E-state index in [-0.39, 0.29) is 16.9 Å². The van der Waals surface area contributed by atoms with Gasteiger partial charge >= 0.3 is 0 Å². The zero-order chi connectivity index (χ0) is 24.0. The van der Waals surface area contributed by atoms with Crippen molar-refractivity contribution in [2.45, 2.75) is 20.8 Å². The second-order valence-corrected chi connectivity index (χ2v) is 8.55. The topological polar surface area (TPSA) is 79.5 Å². The molecule has 0 atom stereocenters. The number of para-hydroxylation sites is 1. The molecule has 0 spiro atoms. The molecule has 0 aliphatic rings. The molecule has 33 heavy (non-hydrogen) atoms. The van der Waals surface area contributed by atoms with Crippen LogP contribution in [-0.4, -0.2) is 23.5 Å². The van der Waals surface area contributed by atoms with E-state index in [4.69, 9.17) is 17.0 Å².